The standard InChI is InChI=1S/C45H29N3.C41H29N3.C38H24N4/c1-3-13-30(14-4-1)34-27-35(29-46-28-34)43-38-19-9-7-17-36(38)42(37-18-8-10-20-39(37)43)31-23-25-33(26-24-31)45-44(32-15-5-2-6-16-32)47-40-21-11-12-22-41(40)48-45;1-26-20-25-31(27(2)42-26)39-34-16-8-6-14-32(34)38(33-15-7-9-17-35(33)39)28-21-23-30(24-22-28)41-40(29-12-4-3-5-13-29)43-36-18-10-11-19-37(36)44-41;1-2-10-26(11-3-1)37-38(42-34-17-9-8-16-33(34)41-37)27-20-18-25(19-21-27)35-29-12-4-6-14-31(29)36(28-22-39-24-40-23-28)32-15-7-5-13-30(32)35/h1-29H;3-25H,1-2H3;1-24H. The van der Waals surface area contributed by atoms with Crippen molar-refractivity contribution in [2.24, 2.45) is 0 Å². The van der Waals surface area contributed by atoms with Gasteiger partial charge in [0, 0.05) is 97.4 Å². The smallest absolute Gasteiger partial charge is 0.115 e. The maximum Gasteiger partial charge on any atom is 0.115 e. The van der Waals surface area contributed by atoms with Crippen molar-refractivity contribution in [1.82, 2.24) is 49.8 Å². The number of aromatic nitrogens is 10. The highest BCUT2D eigenvalue weighted by Crippen LogP contribution is 2.50. The van der Waals surface area contributed by atoms with Gasteiger partial charge in [-0.1, -0.05) is 382 Å². The quantitative estimate of drug-likeness (QED) is 0.103. The fraction of sp³-hybridized carbons (Fsp3) is 0.0161. The van der Waals surface area contributed by atoms with Crippen LogP contribution in [0, 0.1) is 13.8 Å². The molecule has 0 radical (unpaired) electrons. The molecule has 0 fully saturated rings. The van der Waals surface area contributed by atoms with E-state index in [0.717, 1.165) is 151 Å². The molecule has 0 N–H and O–H groups in total. The number of aryl methyl sites for hydroxylation is 2. The third kappa shape index (κ3) is 15.2. The van der Waals surface area contributed by atoms with E-state index >= 15 is 0 Å². The maximum atomic E-state index is 5.13. The van der Waals surface area contributed by atoms with E-state index in [1.807, 2.05) is 165 Å². The van der Waals surface area contributed by atoms with Gasteiger partial charge in [0.2, 0.25) is 0 Å². The van der Waals surface area contributed by atoms with Crippen molar-refractivity contribution in [2.75, 3.05) is 0 Å². The summed E-state index contributed by atoms with van der Waals surface area (Å²) in [4.78, 5) is 48.7. The fourth-order valence-electron chi connectivity index (χ4n) is 19.4. The SMILES string of the molecule is Cc1ccc(-c2c3ccccc3c(-c3ccc(-c4nc5ccccc5nc4-c4ccccc4)cc3)c3ccccc23)c(C)n1.c1ccc(-c2cncc(-c3c4ccccc4c(-c4ccc(-c5nc6ccccc6nc5-c5ccccc5)cc4)c4ccccc34)c2)cc1.c1ccc(-c2nc3ccccc3nc2-c2ccc(-c3c4ccccc4c(-c4cncnc4)c4ccccc34)cc2)cc1. The number of nitrogens with zero attached hydrogens (tertiary/aromatic N) is 10. The lowest BCUT2D eigenvalue weighted by atomic mass is 9.85. The minimum absolute atomic E-state index is 0.876. The second-order valence-corrected chi connectivity index (χ2v) is 33.6. The van der Waals surface area contributed by atoms with Crippen molar-refractivity contribution < 1.29 is 0 Å². The molecule has 0 spiro atoms. The van der Waals surface area contributed by atoms with Crippen LogP contribution in [-0.4, -0.2) is 49.8 Å². The molecular weight excluding hydrogens is 1630 g/mol. The molecule has 0 aliphatic carbocycles. The van der Waals surface area contributed by atoms with Gasteiger partial charge in [0.05, 0.1) is 67.3 Å². The van der Waals surface area contributed by atoms with Crippen LogP contribution in [0.4, 0.5) is 0 Å². The van der Waals surface area contributed by atoms with Gasteiger partial charge in [-0.2, -0.15) is 0 Å². The topological polar surface area (TPSA) is 129 Å². The largest absolute Gasteiger partial charge is 0.263 e. The van der Waals surface area contributed by atoms with Crippen molar-refractivity contribution in [3.05, 3.63) is 473 Å². The number of hydrogen-bond acceptors (Lipinski definition) is 10. The molecule has 0 saturated carbocycles. The van der Waals surface area contributed by atoms with Crippen LogP contribution in [0.25, 0.3) is 243 Å². The van der Waals surface area contributed by atoms with Crippen molar-refractivity contribution in [2.45, 2.75) is 13.8 Å². The van der Waals surface area contributed by atoms with Crippen LogP contribution in [0.15, 0.2) is 462 Å². The molecule has 10 nitrogen and oxygen atoms in total. The van der Waals surface area contributed by atoms with Crippen LogP contribution < -0.4 is 0 Å². The average Bonchev–Trinajstić information content (AvgIpc) is 0.740. The minimum atomic E-state index is 0.876. The molecule has 25 rings (SSSR count). The van der Waals surface area contributed by atoms with Gasteiger partial charge in [-0.25, -0.2) is 39.9 Å². The van der Waals surface area contributed by atoms with E-state index in [4.69, 9.17) is 39.9 Å². The fourth-order valence-corrected chi connectivity index (χ4v) is 19.4. The van der Waals surface area contributed by atoms with Gasteiger partial charge >= 0.3 is 0 Å². The normalized spacial score (nSPS) is 11.4. The number of para-hydroxylation sites is 6. The lowest BCUT2D eigenvalue weighted by molar-refractivity contribution is 1.13. The van der Waals surface area contributed by atoms with Crippen LogP contribution in [-0.2, 0) is 0 Å². The summed E-state index contributed by atoms with van der Waals surface area (Å²) in [5.74, 6) is 0. The summed E-state index contributed by atoms with van der Waals surface area (Å²) < 4.78 is 0. The maximum absolute atomic E-state index is 5.13. The van der Waals surface area contributed by atoms with Crippen LogP contribution >= 0.6 is 0 Å². The number of benzene rings is 19. The zero-order chi connectivity index (χ0) is 89.4. The minimum Gasteiger partial charge on any atom is -0.263 e. The predicted molar refractivity (Wildman–Crippen MR) is 555 cm³/mol. The first-order valence-corrected chi connectivity index (χ1v) is 45.1. The summed E-state index contributed by atoms with van der Waals surface area (Å²) in [5, 5.41) is 14.5. The molecule has 0 aliphatic rings. The van der Waals surface area contributed by atoms with Crippen molar-refractivity contribution >= 4 is 97.7 Å². The third-order valence-corrected chi connectivity index (χ3v) is 25.5. The van der Waals surface area contributed by atoms with Gasteiger partial charge in [0.1, 0.15) is 6.33 Å². The molecule has 134 heavy (non-hydrogen) atoms. The molecule has 0 atom stereocenters. The number of rotatable bonds is 13. The van der Waals surface area contributed by atoms with Gasteiger partial charge in [0.25, 0.3) is 0 Å². The second-order valence-electron chi connectivity index (χ2n) is 33.6. The molecule has 6 aromatic heterocycles. The van der Waals surface area contributed by atoms with Gasteiger partial charge in [-0.3, -0.25) is 9.97 Å². The molecule has 0 bridgehead atoms. The van der Waals surface area contributed by atoms with Gasteiger partial charge in [0.15, 0.2) is 0 Å². The molecule has 10 heteroatoms. The first-order valence-electron chi connectivity index (χ1n) is 45.1. The van der Waals surface area contributed by atoms with Crippen LogP contribution in [0.2, 0.25) is 0 Å². The Labute approximate surface area is 774 Å². The molecule has 19 aromatic carbocycles. The number of hydrogen-bond donors (Lipinski definition) is 0. The molecular formula is C124H82N10. The highest BCUT2D eigenvalue weighted by molar-refractivity contribution is 6.24. The Morgan fingerprint density at radius 3 is 0.649 bits per heavy atom. The summed E-state index contributed by atoms with van der Waals surface area (Å²) in [6.45, 7) is 4.16. The lowest BCUT2D eigenvalue weighted by Crippen LogP contribution is -1.96. The lowest BCUT2D eigenvalue weighted by Gasteiger charge is -2.19. The average molecular weight is 1710 g/mol. The summed E-state index contributed by atoms with van der Waals surface area (Å²) in [5.41, 5.74) is 35.2. The third-order valence-electron chi connectivity index (χ3n) is 25.5. The first-order chi connectivity index (χ1) is 66.3. The highest BCUT2D eigenvalue weighted by Gasteiger charge is 2.25. The highest BCUT2D eigenvalue weighted by atomic mass is 14.9. The monoisotopic (exact) mass is 1710 g/mol. The molecule has 0 aliphatic heterocycles. The molecule has 6 heterocycles. The summed E-state index contributed by atoms with van der Waals surface area (Å²) >= 11 is 0. The van der Waals surface area contributed by atoms with E-state index in [2.05, 4.69) is 314 Å². The van der Waals surface area contributed by atoms with Crippen LogP contribution in [0.5, 0.6) is 0 Å². The van der Waals surface area contributed by atoms with Gasteiger partial charge < -0.3 is 0 Å². The Hall–Kier alpha value is -17.9. The predicted octanol–water partition coefficient (Wildman–Crippen LogP) is 31.7. The molecule has 0 unspecified atom stereocenters. The number of pyridine rings is 2. The summed E-state index contributed by atoms with van der Waals surface area (Å²) in [6, 6.07) is 151. The Balaban J connectivity index is 0.000000114. The van der Waals surface area contributed by atoms with Crippen molar-refractivity contribution in [1.29, 1.82) is 0 Å². The van der Waals surface area contributed by atoms with Crippen molar-refractivity contribution in [3.8, 4) is 145 Å². The Morgan fingerprint density at radius 1 is 0.149 bits per heavy atom. The zero-order valence-corrected chi connectivity index (χ0v) is 73.4. The Kier molecular flexibility index (Phi) is 21.3. The summed E-state index contributed by atoms with van der Waals surface area (Å²) in [7, 11) is 0. The molecule has 628 valence electrons. The van der Waals surface area contributed by atoms with Crippen molar-refractivity contribution in [3.63, 3.8) is 0 Å². The molecule has 0 amide bonds. The van der Waals surface area contributed by atoms with Gasteiger partial charge in [-0.15, -0.1) is 0 Å². The van der Waals surface area contributed by atoms with Crippen LogP contribution in [0.1, 0.15) is 11.4 Å². The van der Waals surface area contributed by atoms with E-state index in [9.17, 15) is 0 Å². The van der Waals surface area contributed by atoms with Gasteiger partial charge in [-0.05, 0) is 177 Å². The van der Waals surface area contributed by atoms with E-state index in [-0.39, 0.29) is 0 Å². The first kappa shape index (κ1) is 80.7. The second kappa shape index (κ2) is 35.3. The number of fused-ring (bicyclic) bond motifs is 9. The zero-order valence-electron chi connectivity index (χ0n) is 73.4. The Bertz CT molecular complexity index is 8620. The van der Waals surface area contributed by atoms with E-state index in [1.54, 1.807) is 6.33 Å². The van der Waals surface area contributed by atoms with E-state index in [0.29, 0.717) is 0 Å². The van der Waals surface area contributed by atoms with E-state index in [1.165, 1.54) is 104 Å². The summed E-state index contributed by atoms with van der Waals surface area (Å²) in [6.07, 6.45) is 9.30. The molecule has 0 saturated heterocycles. The molecule has 25 aromatic rings. The van der Waals surface area contributed by atoms with Crippen LogP contribution in [0.3, 0.4) is 0 Å². The Morgan fingerprint density at radius 2 is 0.366 bits per heavy atom. The van der Waals surface area contributed by atoms with E-state index < -0.39 is 0 Å².